The van der Waals surface area contributed by atoms with Crippen LogP contribution in [0.3, 0.4) is 0 Å². The van der Waals surface area contributed by atoms with Gasteiger partial charge in [-0.05, 0) is 12.1 Å². The maximum absolute atomic E-state index is 12.8. The average molecular weight is 325 g/mol. The molecule has 0 saturated carbocycles. The monoisotopic (exact) mass is 325 g/mol. The number of hydrogen-bond donors (Lipinski definition) is 1. The van der Waals surface area contributed by atoms with Gasteiger partial charge in [-0.15, -0.1) is 0 Å². The van der Waals surface area contributed by atoms with Crippen molar-refractivity contribution in [3.8, 4) is 0 Å². The lowest BCUT2D eigenvalue weighted by Crippen LogP contribution is -2.14. The molecule has 8 heteroatoms. The van der Waals surface area contributed by atoms with E-state index in [0.717, 1.165) is 6.07 Å². The van der Waals surface area contributed by atoms with Crippen molar-refractivity contribution in [2.24, 2.45) is 0 Å². The number of nitrogens with one attached hydrogen (secondary N) is 1. The molecule has 0 aliphatic heterocycles. The van der Waals surface area contributed by atoms with Gasteiger partial charge in [-0.1, -0.05) is 18.2 Å². The van der Waals surface area contributed by atoms with Crippen LogP contribution < -0.4 is 5.32 Å². The Morgan fingerprint density at radius 1 is 1.13 bits per heavy atom. The Morgan fingerprint density at radius 2 is 1.83 bits per heavy atom. The molecule has 5 nitrogen and oxygen atoms in total. The van der Waals surface area contributed by atoms with Crippen LogP contribution in [0.15, 0.2) is 42.7 Å². The summed E-state index contributed by atoms with van der Waals surface area (Å²) in [5, 5.41) is 2.81. The third-order valence-electron chi connectivity index (χ3n) is 2.89. The summed E-state index contributed by atoms with van der Waals surface area (Å²) in [4.78, 5) is 19.4. The normalized spacial score (nSPS) is 11.1. The lowest BCUT2D eigenvalue weighted by molar-refractivity contribution is -0.147. The third kappa shape index (κ3) is 5.24. The summed E-state index contributed by atoms with van der Waals surface area (Å²) in [6.45, 7) is -0.194. The fourth-order valence-corrected chi connectivity index (χ4v) is 1.82. The van der Waals surface area contributed by atoms with E-state index in [1.807, 2.05) is 0 Å². The molecule has 0 aliphatic carbocycles. The van der Waals surface area contributed by atoms with Gasteiger partial charge in [0.1, 0.15) is 6.61 Å². The first-order valence-corrected chi connectivity index (χ1v) is 6.78. The molecule has 0 amide bonds. The number of hydrogen-bond acceptors (Lipinski definition) is 5. The Kier molecular flexibility index (Phi) is 5.51. The molecule has 0 unspecified atom stereocenters. The topological polar surface area (TPSA) is 64.1 Å². The van der Waals surface area contributed by atoms with Crippen molar-refractivity contribution in [3.05, 3.63) is 53.9 Å². The number of benzene rings is 1. The molecule has 1 N–H and O–H groups in total. The van der Waals surface area contributed by atoms with Crippen LogP contribution in [0.25, 0.3) is 0 Å². The van der Waals surface area contributed by atoms with E-state index >= 15 is 0 Å². The number of alkyl halides is 3. The van der Waals surface area contributed by atoms with Gasteiger partial charge in [0.15, 0.2) is 0 Å². The molecule has 122 valence electrons. The first kappa shape index (κ1) is 16.7. The van der Waals surface area contributed by atoms with Crippen LogP contribution in [0.1, 0.15) is 17.5 Å². The second-order valence-electron chi connectivity index (χ2n) is 4.56. The summed E-state index contributed by atoms with van der Waals surface area (Å²) >= 11 is 0. The molecule has 1 aromatic heterocycles. The fraction of sp³-hybridized carbons (Fsp3) is 0.267. The lowest BCUT2D eigenvalue weighted by Gasteiger charge is -2.12. The Bertz CT molecular complexity index is 648. The van der Waals surface area contributed by atoms with Crippen molar-refractivity contribution < 1.29 is 22.7 Å². The number of carbonyl (C=O) groups excluding carboxylic acids is 1. The number of ether oxygens (including phenoxy) is 1. The van der Waals surface area contributed by atoms with Gasteiger partial charge in [-0.25, -0.2) is 9.97 Å². The predicted molar refractivity (Wildman–Crippen MR) is 76.4 cm³/mol. The highest BCUT2D eigenvalue weighted by molar-refractivity contribution is 5.70. The van der Waals surface area contributed by atoms with E-state index < -0.39 is 24.3 Å². The first-order valence-electron chi connectivity index (χ1n) is 6.78. The van der Waals surface area contributed by atoms with Crippen molar-refractivity contribution in [2.45, 2.75) is 19.2 Å². The highest BCUT2D eigenvalue weighted by atomic mass is 19.4. The number of aromatic nitrogens is 2. The van der Waals surface area contributed by atoms with Gasteiger partial charge in [0, 0.05) is 24.5 Å². The molecule has 0 atom stereocenters. The minimum Gasteiger partial charge on any atom is -0.461 e. The molecule has 0 fully saturated rings. The SMILES string of the molecule is O=C(CCNc1ncccn1)OCc1ccccc1C(F)(F)F. The van der Waals surface area contributed by atoms with Crippen molar-refractivity contribution in [2.75, 3.05) is 11.9 Å². The summed E-state index contributed by atoms with van der Waals surface area (Å²) < 4.78 is 43.3. The van der Waals surface area contributed by atoms with E-state index in [0.29, 0.717) is 5.95 Å². The van der Waals surface area contributed by atoms with Crippen molar-refractivity contribution in [1.29, 1.82) is 0 Å². The van der Waals surface area contributed by atoms with Crippen LogP contribution in [-0.4, -0.2) is 22.5 Å². The largest absolute Gasteiger partial charge is 0.461 e. The Balaban J connectivity index is 1.81. The van der Waals surface area contributed by atoms with E-state index in [1.165, 1.54) is 18.2 Å². The molecular formula is C15H14F3N3O2. The maximum Gasteiger partial charge on any atom is 0.416 e. The smallest absolute Gasteiger partial charge is 0.416 e. The maximum atomic E-state index is 12.8. The highest BCUT2D eigenvalue weighted by Crippen LogP contribution is 2.32. The zero-order valence-corrected chi connectivity index (χ0v) is 12.0. The van der Waals surface area contributed by atoms with E-state index in [4.69, 9.17) is 4.74 Å². The first-order chi connectivity index (χ1) is 11.0. The van der Waals surface area contributed by atoms with Gasteiger partial charge in [0.05, 0.1) is 12.0 Å². The van der Waals surface area contributed by atoms with Crippen molar-refractivity contribution in [3.63, 3.8) is 0 Å². The molecule has 2 rings (SSSR count). The van der Waals surface area contributed by atoms with E-state index in [2.05, 4.69) is 15.3 Å². The van der Waals surface area contributed by atoms with E-state index in [-0.39, 0.29) is 18.5 Å². The molecule has 23 heavy (non-hydrogen) atoms. The summed E-state index contributed by atoms with van der Waals surface area (Å²) in [5.41, 5.74) is -0.878. The quantitative estimate of drug-likeness (QED) is 0.827. The van der Waals surface area contributed by atoms with Crippen LogP contribution in [0.5, 0.6) is 0 Å². The standard InChI is InChI=1S/C15H14F3N3O2/c16-15(17,18)12-5-2-1-4-11(12)10-23-13(22)6-9-21-14-19-7-3-8-20-14/h1-5,7-8H,6,9-10H2,(H,19,20,21). The van der Waals surface area contributed by atoms with Gasteiger partial charge in [0.25, 0.3) is 0 Å². The summed E-state index contributed by atoms with van der Waals surface area (Å²) in [7, 11) is 0. The van der Waals surface area contributed by atoms with Crippen LogP contribution in [-0.2, 0) is 22.3 Å². The van der Waals surface area contributed by atoms with E-state index in [1.54, 1.807) is 18.5 Å². The molecule has 0 radical (unpaired) electrons. The number of carbonyl (C=O) groups is 1. The van der Waals surface area contributed by atoms with Crippen LogP contribution in [0, 0.1) is 0 Å². The Hall–Kier alpha value is -2.64. The third-order valence-corrected chi connectivity index (χ3v) is 2.89. The molecule has 1 heterocycles. The number of halogens is 3. The number of anilines is 1. The van der Waals surface area contributed by atoms with Gasteiger partial charge < -0.3 is 10.1 Å². The Morgan fingerprint density at radius 3 is 2.52 bits per heavy atom. The Labute approximate surface area is 130 Å². The molecular weight excluding hydrogens is 311 g/mol. The molecule has 0 bridgehead atoms. The number of esters is 1. The zero-order chi connectivity index (χ0) is 16.7. The van der Waals surface area contributed by atoms with E-state index in [9.17, 15) is 18.0 Å². The number of nitrogens with zero attached hydrogens (tertiary/aromatic N) is 2. The predicted octanol–water partition coefficient (Wildman–Crippen LogP) is 3.04. The van der Waals surface area contributed by atoms with Gasteiger partial charge in [-0.2, -0.15) is 13.2 Å². The van der Waals surface area contributed by atoms with Crippen molar-refractivity contribution >= 4 is 11.9 Å². The van der Waals surface area contributed by atoms with Gasteiger partial charge in [-0.3, -0.25) is 4.79 Å². The second-order valence-corrected chi connectivity index (χ2v) is 4.56. The summed E-state index contributed by atoms with van der Waals surface area (Å²) in [5.74, 6) is -0.242. The highest BCUT2D eigenvalue weighted by Gasteiger charge is 2.33. The molecule has 0 aliphatic rings. The van der Waals surface area contributed by atoms with Crippen LogP contribution in [0.2, 0.25) is 0 Å². The summed E-state index contributed by atoms with van der Waals surface area (Å²) in [6.07, 6.45) is -1.40. The molecule has 0 spiro atoms. The lowest BCUT2D eigenvalue weighted by atomic mass is 10.1. The van der Waals surface area contributed by atoms with Crippen LogP contribution in [0.4, 0.5) is 19.1 Å². The molecule has 2 aromatic rings. The van der Waals surface area contributed by atoms with Gasteiger partial charge in [0.2, 0.25) is 5.95 Å². The summed E-state index contributed by atoms with van der Waals surface area (Å²) in [6, 6.07) is 6.64. The zero-order valence-electron chi connectivity index (χ0n) is 12.0. The van der Waals surface area contributed by atoms with Gasteiger partial charge >= 0.3 is 12.1 Å². The molecule has 0 saturated heterocycles. The second kappa shape index (κ2) is 7.57. The number of rotatable bonds is 6. The van der Waals surface area contributed by atoms with Crippen LogP contribution >= 0.6 is 0 Å². The fourth-order valence-electron chi connectivity index (χ4n) is 1.82. The van der Waals surface area contributed by atoms with Crippen molar-refractivity contribution in [1.82, 2.24) is 9.97 Å². The average Bonchev–Trinajstić information content (AvgIpc) is 2.53. The molecule has 1 aromatic carbocycles. The minimum absolute atomic E-state index is 0.00750. The minimum atomic E-state index is -4.48.